The normalized spacial score (nSPS) is 13.5. The van der Waals surface area contributed by atoms with E-state index in [-0.39, 0.29) is 29.9 Å². The molecule has 0 bridgehead atoms. The van der Waals surface area contributed by atoms with Crippen LogP contribution in [0, 0.1) is 12.8 Å². The molecule has 33 heavy (non-hydrogen) atoms. The Balaban J connectivity index is 1.41. The molecule has 2 amide bonds. The van der Waals surface area contributed by atoms with Crippen LogP contribution in [0.15, 0.2) is 54.6 Å². The summed E-state index contributed by atoms with van der Waals surface area (Å²) < 4.78 is 45.9. The molecule has 2 N–H and O–H groups in total. The third kappa shape index (κ3) is 5.71. The first-order chi connectivity index (χ1) is 15.7. The molecular weight excluding hydrogens is 437 g/mol. The molecule has 1 aliphatic carbocycles. The fourth-order valence-corrected chi connectivity index (χ4v) is 3.18. The molecule has 0 unspecified atom stereocenters. The number of alkyl halides is 3. The van der Waals surface area contributed by atoms with E-state index in [1.807, 2.05) is 0 Å². The number of nitrogens with one attached hydrogen (secondary N) is 2. The van der Waals surface area contributed by atoms with Gasteiger partial charge in [-0.1, -0.05) is 12.1 Å². The molecule has 7 nitrogen and oxygen atoms in total. The highest BCUT2D eigenvalue weighted by atomic mass is 19.4. The number of halogens is 3. The maximum Gasteiger partial charge on any atom is 0.416 e. The summed E-state index contributed by atoms with van der Waals surface area (Å²) >= 11 is 0. The van der Waals surface area contributed by atoms with Gasteiger partial charge in [0.15, 0.2) is 6.61 Å². The van der Waals surface area contributed by atoms with Crippen molar-refractivity contribution in [2.24, 2.45) is 5.92 Å². The van der Waals surface area contributed by atoms with Gasteiger partial charge in [-0.05, 0) is 50.1 Å². The van der Waals surface area contributed by atoms with Crippen LogP contribution >= 0.6 is 0 Å². The summed E-state index contributed by atoms with van der Waals surface area (Å²) in [4.78, 5) is 24.3. The number of ether oxygens (including phenoxy) is 1. The van der Waals surface area contributed by atoms with E-state index in [0.29, 0.717) is 17.1 Å². The quantitative estimate of drug-likeness (QED) is 0.543. The molecule has 2 aromatic carbocycles. The lowest BCUT2D eigenvalue weighted by molar-refractivity contribution is -0.137. The minimum atomic E-state index is -4.50. The number of carbonyl (C=O) groups is 2. The van der Waals surface area contributed by atoms with Gasteiger partial charge in [0.05, 0.1) is 16.9 Å². The molecule has 4 rings (SSSR count). The zero-order valence-electron chi connectivity index (χ0n) is 17.6. The average molecular weight is 458 g/mol. The van der Waals surface area contributed by atoms with Gasteiger partial charge in [0.1, 0.15) is 11.6 Å². The predicted molar refractivity (Wildman–Crippen MR) is 115 cm³/mol. The lowest BCUT2D eigenvalue weighted by Gasteiger charge is -2.12. The van der Waals surface area contributed by atoms with Crippen LogP contribution in [0.2, 0.25) is 0 Å². The predicted octanol–water partition coefficient (Wildman–Crippen LogP) is 4.57. The van der Waals surface area contributed by atoms with Crippen molar-refractivity contribution in [3.63, 3.8) is 0 Å². The number of nitrogens with zero attached hydrogens (tertiary/aromatic N) is 2. The standard InChI is InChI=1S/C23H21F3N4O3/c1-14-10-20(30(29-14)18-6-2-4-16(11-18)23(24,25)26)28-21(31)13-33-19-7-3-5-17(12-19)27-22(32)15-8-9-15/h2-7,10-12,15H,8-9,13H2,1H3,(H,27,32)(H,28,31). The number of hydrogen-bond donors (Lipinski definition) is 2. The molecule has 1 aromatic heterocycles. The van der Waals surface area contributed by atoms with Gasteiger partial charge in [-0.25, -0.2) is 4.68 Å². The molecule has 1 fully saturated rings. The number of aryl methyl sites for hydroxylation is 1. The van der Waals surface area contributed by atoms with E-state index in [4.69, 9.17) is 4.74 Å². The van der Waals surface area contributed by atoms with Crippen molar-refractivity contribution >= 4 is 23.3 Å². The van der Waals surface area contributed by atoms with Gasteiger partial charge < -0.3 is 15.4 Å². The van der Waals surface area contributed by atoms with Gasteiger partial charge in [-0.3, -0.25) is 9.59 Å². The monoisotopic (exact) mass is 458 g/mol. The van der Waals surface area contributed by atoms with E-state index in [1.165, 1.54) is 16.8 Å². The molecule has 172 valence electrons. The number of aromatic nitrogens is 2. The third-order valence-electron chi connectivity index (χ3n) is 4.94. The van der Waals surface area contributed by atoms with E-state index in [0.717, 1.165) is 25.0 Å². The number of rotatable bonds is 7. The topological polar surface area (TPSA) is 85.3 Å². The Labute approximate surface area is 187 Å². The molecular formula is C23H21F3N4O3. The summed E-state index contributed by atoms with van der Waals surface area (Å²) in [5.74, 6) is 0.108. The highest BCUT2D eigenvalue weighted by Crippen LogP contribution is 2.31. The van der Waals surface area contributed by atoms with Crippen molar-refractivity contribution in [1.82, 2.24) is 9.78 Å². The van der Waals surface area contributed by atoms with E-state index >= 15 is 0 Å². The second-order valence-corrected chi connectivity index (χ2v) is 7.76. The van der Waals surface area contributed by atoms with Crippen molar-refractivity contribution < 1.29 is 27.5 Å². The zero-order valence-corrected chi connectivity index (χ0v) is 17.6. The fraction of sp³-hybridized carbons (Fsp3) is 0.261. The molecule has 0 spiro atoms. The van der Waals surface area contributed by atoms with Crippen LogP contribution in [0.4, 0.5) is 24.7 Å². The van der Waals surface area contributed by atoms with E-state index in [2.05, 4.69) is 15.7 Å². The molecule has 0 atom stereocenters. The van der Waals surface area contributed by atoms with Crippen LogP contribution < -0.4 is 15.4 Å². The molecule has 10 heteroatoms. The minimum absolute atomic E-state index is 0.0388. The number of benzene rings is 2. The van der Waals surface area contributed by atoms with Crippen LogP contribution in [-0.4, -0.2) is 28.2 Å². The third-order valence-corrected chi connectivity index (χ3v) is 4.94. The summed E-state index contributed by atoms with van der Waals surface area (Å²) in [5.41, 5.74) is 0.432. The molecule has 1 heterocycles. The number of carbonyl (C=O) groups excluding carboxylic acids is 2. The Hall–Kier alpha value is -3.82. The van der Waals surface area contributed by atoms with E-state index < -0.39 is 17.6 Å². The van der Waals surface area contributed by atoms with Crippen molar-refractivity contribution in [3.8, 4) is 11.4 Å². The van der Waals surface area contributed by atoms with Gasteiger partial charge >= 0.3 is 6.18 Å². The second kappa shape index (κ2) is 8.97. The molecule has 0 radical (unpaired) electrons. The summed E-state index contributed by atoms with van der Waals surface area (Å²) in [6.45, 7) is 1.32. The van der Waals surface area contributed by atoms with Gasteiger partial charge in [0, 0.05) is 23.7 Å². The summed E-state index contributed by atoms with van der Waals surface area (Å²) in [6.07, 6.45) is -2.72. The zero-order chi connectivity index (χ0) is 23.6. The van der Waals surface area contributed by atoms with Gasteiger partial charge in [0.25, 0.3) is 5.91 Å². The van der Waals surface area contributed by atoms with Crippen LogP contribution in [0.1, 0.15) is 24.1 Å². The minimum Gasteiger partial charge on any atom is -0.484 e. The highest BCUT2D eigenvalue weighted by molar-refractivity contribution is 5.94. The Morgan fingerprint density at radius 3 is 2.58 bits per heavy atom. The van der Waals surface area contributed by atoms with Crippen molar-refractivity contribution in [3.05, 3.63) is 65.9 Å². The Kier molecular flexibility index (Phi) is 6.08. The highest BCUT2D eigenvalue weighted by Gasteiger charge is 2.31. The van der Waals surface area contributed by atoms with Gasteiger partial charge in [-0.15, -0.1) is 0 Å². The molecule has 3 aromatic rings. The fourth-order valence-electron chi connectivity index (χ4n) is 3.18. The largest absolute Gasteiger partial charge is 0.484 e. The lowest BCUT2D eigenvalue weighted by atomic mass is 10.2. The number of amides is 2. The van der Waals surface area contributed by atoms with Crippen molar-refractivity contribution in [1.29, 1.82) is 0 Å². The second-order valence-electron chi connectivity index (χ2n) is 7.76. The summed E-state index contributed by atoms with van der Waals surface area (Å²) in [6, 6.07) is 12.9. The van der Waals surface area contributed by atoms with E-state index in [1.54, 1.807) is 37.3 Å². The lowest BCUT2D eigenvalue weighted by Crippen LogP contribution is -2.22. The van der Waals surface area contributed by atoms with Crippen LogP contribution in [0.5, 0.6) is 5.75 Å². The average Bonchev–Trinajstić information content (AvgIpc) is 3.55. The molecule has 0 aliphatic heterocycles. The molecule has 1 aliphatic rings. The van der Waals surface area contributed by atoms with Gasteiger partial charge in [-0.2, -0.15) is 18.3 Å². The maximum atomic E-state index is 13.1. The van der Waals surface area contributed by atoms with Crippen molar-refractivity contribution in [2.75, 3.05) is 17.2 Å². The number of anilines is 2. The first-order valence-corrected chi connectivity index (χ1v) is 10.3. The Morgan fingerprint density at radius 2 is 1.85 bits per heavy atom. The SMILES string of the molecule is Cc1cc(NC(=O)COc2cccc(NC(=O)C3CC3)c2)n(-c2cccc(C(F)(F)F)c2)n1. The van der Waals surface area contributed by atoms with E-state index in [9.17, 15) is 22.8 Å². The van der Waals surface area contributed by atoms with Crippen LogP contribution in [0.3, 0.4) is 0 Å². The van der Waals surface area contributed by atoms with Crippen molar-refractivity contribution in [2.45, 2.75) is 25.9 Å². The van der Waals surface area contributed by atoms with Crippen LogP contribution in [-0.2, 0) is 15.8 Å². The molecule has 1 saturated carbocycles. The molecule has 0 saturated heterocycles. The van der Waals surface area contributed by atoms with Gasteiger partial charge in [0.2, 0.25) is 5.91 Å². The van der Waals surface area contributed by atoms with Crippen LogP contribution in [0.25, 0.3) is 5.69 Å². The maximum absolute atomic E-state index is 13.1. The summed E-state index contributed by atoms with van der Waals surface area (Å²) in [5, 5.41) is 9.61. The summed E-state index contributed by atoms with van der Waals surface area (Å²) in [7, 11) is 0. The number of hydrogen-bond acceptors (Lipinski definition) is 4. The first-order valence-electron chi connectivity index (χ1n) is 10.3. The Bertz CT molecular complexity index is 1190. The Morgan fingerprint density at radius 1 is 1.09 bits per heavy atom. The smallest absolute Gasteiger partial charge is 0.416 e. The first kappa shape index (κ1) is 22.4.